The monoisotopic (exact) mass is 383 g/mol. The van der Waals surface area contributed by atoms with Crippen LogP contribution in [0.5, 0.6) is 0 Å². The average Bonchev–Trinajstić information content (AvgIpc) is 3.10. The molecule has 0 saturated carbocycles. The summed E-state index contributed by atoms with van der Waals surface area (Å²) in [6, 6.07) is 9.55. The van der Waals surface area contributed by atoms with Gasteiger partial charge in [0.1, 0.15) is 6.54 Å². The van der Waals surface area contributed by atoms with Gasteiger partial charge in [0.15, 0.2) is 0 Å². The van der Waals surface area contributed by atoms with E-state index in [4.69, 9.17) is 0 Å². The number of benzene rings is 1. The summed E-state index contributed by atoms with van der Waals surface area (Å²) in [6.07, 6.45) is 0.698. The predicted molar refractivity (Wildman–Crippen MR) is 104 cm³/mol. The highest BCUT2D eigenvalue weighted by molar-refractivity contribution is 6.01. The molecule has 0 bridgehead atoms. The zero-order valence-corrected chi connectivity index (χ0v) is 16.4. The van der Waals surface area contributed by atoms with Crippen LogP contribution in [0.1, 0.15) is 29.8 Å². The van der Waals surface area contributed by atoms with Gasteiger partial charge >= 0.3 is 6.03 Å². The number of carbonyl (C=O) groups is 3. The predicted octanol–water partition coefficient (Wildman–Crippen LogP) is 1.78. The number of aryl methyl sites for hydroxylation is 1. The Morgan fingerprint density at radius 1 is 1.18 bits per heavy atom. The van der Waals surface area contributed by atoms with Crippen molar-refractivity contribution in [2.75, 3.05) is 20.1 Å². The Hall–Kier alpha value is -3.16. The second kappa shape index (κ2) is 8.24. The van der Waals surface area contributed by atoms with Crippen molar-refractivity contribution in [2.24, 2.45) is 0 Å². The number of hydrogen-bond acceptors (Lipinski definition) is 4. The minimum Gasteiger partial charge on any atom is -0.352 e. The lowest BCUT2D eigenvalue weighted by Gasteiger charge is -2.13. The van der Waals surface area contributed by atoms with Crippen molar-refractivity contribution in [1.82, 2.24) is 24.9 Å². The molecule has 1 saturated heterocycles. The summed E-state index contributed by atoms with van der Waals surface area (Å²) < 4.78 is 1.87. The highest BCUT2D eigenvalue weighted by Gasteiger charge is 2.32. The third-order valence-corrected chi connectivity index (χ3v) is 4.92. The zero-order valence-electron chi connectivity index (χ0n) is 16.4. The number of aromatic nitrogens is 2. The molecule has 148 valence electrons. The first-order valence-electron chi connectivity index (χ1n) is 9.31. The fourth-order valence-corrected chi connectivity index (χ4v) is 3.31. The topological polar surface area (TPSA) is 87.5 Å². The van der Waals surface area contributed by atoms with Crippen LogP contribution in [0, 0.1) is 13.8 Å². The lowest BCUT2D eigenvalue weighted by Crippen LogP contribution is -2.33. The molecule has 1 aliphatic heterocycles. The second-order valence-electron chi connectivity index (χ2n) is 6.96. The van der Waals surface area contributed by atoms with Crippen LogP contribution in [-0.2, 0) is 16.1 Å². The fraction of sp³-hybridized carbons (Fsp3) is 0.400. The molecule has 1 aromatic heterocycles. The first-order chi connectivity index (χ1) is 13.4. The quantitative estimate of drug-likeness (QED) is 0.739. The molecule has 3 rings (SSSR count). The Labute approximate surface area is 164 Å². The maximum absolute atomic E-state index is 12.2. The van der Waals surface area contributed by atoms with Gasteiger partial charge < -0.3 is 10.2 Å². The lowest BCUT2D eigenvalue weighted by atomic mass is 10.2. The number of nitrogens with zero attached hydrogens (tertiary/aromatic N) is 4. The minimum atomic E-state index is -0.301. The summed E-state index contributed by atoms with van der Waals surface area (Å²) in [5.74, 6) is -0.328. The van der Waals surface area contributed by atoms with Crippen LogP contribution in [-0.4, -0.2) is 57.6 Å². The van der Waals surface area contributed by atoms with Gasteiger partial charge in [0, 0.05) is 37.8 Å². The highest BCUT2D eigenvalue weighted by atomic mass is 16.2. The summed E-state index contributed by atoms with van der Waals surface area (Å²) in [6.45, 7) is 4.67. The lowest BCUT2D eigenvalue weighted by molar-refractivity contribution is -0.126. The van der Waals surface area contributed by atoms with Crippen LogP contribution >= 0.6 is 0 Å². The molecule has 1 N–H and O–H groups in total. The maximum atomic E-state index is 12.2. The molecule has 8 nitrogen and oxygen atoms in total. The standard InChI is InChI=1S/C20H25N5O3/c1-14-17(15(2)25(22-14)16-8-5-4-6-9-16)12-21-18(26)10-7-11-24-19(27)13-23(3)20(24)28/h4-6,8-9H,7,10-13H2,1-3H3,(H,21,26). The van der Waals surface area contributed by atoms with E-state index in [0.29, 0.717) is 13.0 Å². The van der Waals surface area contributed by atoms with Crippen LogP contribution < -0.4 is 5.32 Å². The molecule has 1 aromatic carbocycles. The van der Waals surface area contributed by atoms with Gasteiger partial charge in [-0.05, 0) is 32.4 Å². The molecule has 0 atom stereocenters. The Bertz CT molecular complexity index is 891. The van der Waals surface area contributed by atoms with E-state index >= 15 is 0 Å². The summed E-state index contributed by atoms with van der Waals surface area (Å²) in [4.78, 5) is 38.3. The van der Waals surface area contributed by atoms with Crippen molar-refractivity contribution in [2.45, 2.75) is 33.2 Å². The van der Waals surface area contributed by atoms with Crippen molar-refractivity contribution < 1.29 is 14.4 Å². The average molecular weight is 383 g/mol. The Morgan fingerprint density at radius 3 is 2.54 bits per heavy atom. The summed E-state index contributed by atoms with van der Waals surface area (Å²) >= 11 is 0. The SMILES string of the molecule is Cc1nn(-c2ccccc2)c(C)c1CNC(=O)CCCN1C(=O)CN(C)C1=O. The van der Waals surface area contributed by atoms with E-state index in [-0.39, 0.29) is 37.4 Å². The number of amides is 4. The second-order valence-corrected chi connectivity index (χ2v) is 6.96. The summed E-state index contributed by atoms with van der Waals surface area (Å²) in [7, 11) is 1.59. The van der Waals surface area contributed by atoms with E-state index in [0.717, 1.165) is 22.6 Å². The molecule has 4 amide bonds. The third kappa shape index (κ3) is 4.05. The number of likely N-dealkylation sites (N-methyl/N-ethyl adjacent to an activating group) is 1. The Morgan fingerprint density at radius 2 is 1.89 bits per heavy atom. The minimum absolute atomic E-state index is 0.106. The van der Waals surface area contributed by atoms with Crippen molar-refractivity contribution in [3.8, 4) is 5.69 Å². The molecule has 2 heterocycles. The highest BCUT2D eigenvalue weighted by Crippen LogP contribution is 2.17. The van der Waals surface area contributed by atoms with Gasteiger partial charge in [-0.3, -0.25) is 14.5 Å². The number of carbonyl (C=O) groups excluding carboxylic acids is 3. The molecule has 1 aliphatic rings. The molecular weight excluding hydrogens is 358 g/mol. The first kappa shape index (κ1) is 19.6. The summed E-state index contributed by atoms with van der Waals surface area (Å²) in [5, 5.41) is 7.49. The largest absolute Gasteiger partial charge is 0.352 e. The fourth-order valence-electron chi connectivity index (χ4n) is 3.31. The third-order valence-electron chi connectivity index (χ3n) is 4.92. The van der Waals surface area contributed by atoms with Gasteiger partial charge in [-0.1, -0.05) is 18.2 Å². The van der Waals surface area contributed by atoms with Crippen molar-refractivity contribution in [3.05, 3.63) is 47.3 Å². The van der Waals surface area contributed by atoms with Gasteiger partial charge in [-0.15, -0.1) is 0 Å². The molecule has 0 unspecified atom stereocenters. The van der Waals surface area contributed by atoms with Crippen LogP contribution in [0.3, 0.4) is 0 Å². The van der Waals surface area contributed by atoms with Crippen LogP contribution in [0.25, 0.3) is 5.69 Å². The number of imide groups is 1. The van der Waals surface area contributed by atoms with Gasteiger partial charge in [0.25, 0.3) is 0 Å². The normalized spacial score (nSPS) is 14.1. The first-order valence-corrected chi connectivity index (χ1v) is 9.31. The number of nitrogens with one attached hydrogen (secondary N) is 1. The van der Waals surface area contributed by atoms with Crippen molar-refractivity contribution in [1.29, 1.82) is 0 Å². The van der Waals surface area contributed by atoms with E-state index in [1.165, 1.54) is 9.80 Å². The van der Waals surface area contributed by atoms with Crippen molar-refractivity contribution >= 4 is 17.8 Å². The van der Waals surface area contributed by atoms with E-state index in [1.54, 1.807) is 7.05 Å². The molecule has 28 heavy (non-hydrogen) atoms. The van der Waals surface area contributed by atoms with Crippen molar-refractivity contribution in [3.63, 3.8) is 0 Å². The van der Waals surface area contributed by atoms with Gasteiger partial charge in [-0.25, -0.2) is 9.48 Å². The molecule has 0 spiro atoms. The smallest absolute Gasteiger partial charge is 0.326 e. The van der Waals surface area contributed by atoms with Crippen LogP contribution in [0.4, 0.5) is 4.79 Å². The van der Waals surface area contributed by atoms with E-state index in [2.05, 4.69) is 10.4 Å². The summed E-state index contributed by atoms with van der Waals surface area (Å²) in [5.41, 5.74) is 3.83. The molecular formula is C20H25N5O3. The van der Waals surface area contributed by atoms with Crippen LogP contribution in [0.15, 0.2) is 30.3 Å². The van der Waals surface area contributed by atoms with Crippen LogP contribution in [0.2, 0.25) is 0 Å². The number of urea groups is 1. The zero-order chi connectivity index (χ0) is 20.3. The maximum Gasteiger partial charge on any atom is 0.326 e. The molecule has 0 aliphatic carbocycles. The van der Waals surface area contributed by atoms with Gasteiger partial charge in [0.2, 0.25) is 11.8 Å². The molecule has 1 fully saturated rings. The van der Waals surface area contributed by atoms with E-state index in [1.807, 2.05) is 48.9 Å². The number of para-hydroxylation sites is 1. The molecule has 2 aromatic rings. The van der Waals surface area contributed by atoms with Gasteiger partial charge in [0.05, 0.1) is 11.4 Å². The Kier molecular flexibility index (Phi) is 5.77. The number of rotatable bonds is 7. The van der Waals surface area contributed by atoms with Gasteiger partial charge in [-0.2, -0.15) is 5.10 Å². The molecule has 8 heteroatoms. The Balaban J connectivity index is 1.52. The number of hydrogen-bond donors (Lipinski definition) is 1. The molecule has 0 radical (unpaired) electrons. The van der Waals surface area contributed by atoms with E-state index in [9.17, 15) is 14.4 Å². The van der Waals surface area contributed by atoms with E-state index < -0.39 is 0 Å².